The molecule has 1 aromatic rings. The first-order valence-electron chi connectivity index (χ1n) is 7.59. The van der Waals surface area contributed by atoms with E-state index in [-0.39, 0.29) is 0 Å². The highest BCUT2D eigenvalue weighted by Gasteiger charge is 2.23. The fourth-order valence-electron chi connectivity index (χ4n) is 0.952. The van der Waals surface area contributed by atoms with Crippen molar-refractivity contribution >= 4 is 20.2 Å². The molecule has 0 bridgehead atoms. The van der Waals surface area contributed by atoms with Crippen LogP contribution in [0.3, 0.4) is 0 Å². The van der Waals surface area contributed by atoms with Gasteiger partial charge in [-0.15, -0.1) is 0 Å². The van der Waals surface area contributed by atoms with E-state index in [0.29, 0.717) is 24.2 Å². The molecule has 26 heavy (non-hydrogen) atoms. The van der Waals surface area contributed by atoms with Gasteiger partial charge in [0, 0.05) is 24.2 Å². The molecule has 12 heteroatoms. The highest BCUT2D eigenvalue weighted by Crippen LogP contribution is 2.32. The molecular formula is C14H28N2O8S2. The molecule has 0 aliphatic heterocycles. The van der Waals surface area contributed by atoms with Crippen LogP contribution >= 0.6 is 0 Å². The molecule has 10 nitrogen and oxygen atoms in total. The Morgan fingerprint density at radius 1 is 0.808 bits per heavy atom. The first kappa shape index (κ1) is 26.8. The predicted molar refractivity (Wildman–Crippen MR) is 97.3 cm³/mol. The molecule has 154 valence electrons. The van der Waals surface area contributed by atoms with Gasteiger partial charge in [-0.05, 0) is 26.7 Å². The van der Waals surface area contributed by atoms with E-state index in [1.807, 2.05) is 13.8 Å². The normalized spacial score (nSPS) is 13.5. The number of phenols is 2. The fourth-order valence-corrected chi connectivity index (χ4v) is 2.12. The predicted octanol–water partition coefficient (Wildman–Crippen LogP) is 1.08. The molecule has 0 aliphatic carbocycles. The molecule has 0 saturated heterocycles. The Balaban J connectivity index is 0. The van der Waals surface area contributed by atoms with Crippen LogP contribution in [-0.2, 0) is 20.2 Å². The van der Waals surface area contributed by atoms with Crippen LogP contribution in [0, 0.1) is 0 Å². The Labute approximate surface area is 154 Å². The molecule has 2 atom stereocenters. The summed E-state index contributed by atoms with van der Waals surface area (Å²) in [5.41, 5.74) is 10.6. The zero-order chi connectivity index (χ0) is 21.3. The topological polar surface area (TPSA) is 201 Å². The second-order valence-electron chi connectivity index (χ2n) is 5.51. The number of benzene rings is 1. The molecule has 0 saturated carbocycles. The maximum atomic E-state index is 10.6. The number of hydrogen-bond acceptors (Lipinski definition) is 8. The van der Waals surface area contributed by atoms with Gasteiger partial charge in [0.1, 0.15) is 21.3 Å². The number of hydrogen-bond donors (Lipinski definition) is 6. The van der Waals surface area contributed by atoms with E-state index in [4.69, 9.17) is 30.8 Å². The van der Waals surface area contributed by atoms with Gasteiger partial charge >= 0.3 is 0 Å². The van der Waals surface area contributed by atoms with Gasteiger partial charge in [0.25, 0.3) is 20.2 Å². The van der Waals surface area contributed by atoms with E-state index in [0.717, 1.165) is 12.8 Å². The van der Waals surface area contributed by atoms with Crippen molar-refractivity contribution in [1.82, 2.24) is 0 Å². The summed E-state index contributed by atoms with van der Waals surface area (Å²) in [6.07, 6.45) is 2.17. The van der Waals surface area contributed by atoms with Crippen LogP contribution in [0.5, 0.6) is 11.5 Å². The molecule has 0 radical (unpaired) electrons. The van der Waals surface area contributed by atoms with Gasteiger partial charge in [-0.1, -0.05) is 13.8 Å². The summed E-state index contributed by atoms with van der Waals surface area (Å²) in [6, 6.07) is 1.37. The Morgan fingerprint density at radius 3 is 1.12 bits per heavy atom. The summed E-state index contributed by atoms with van der Waals surface area (Å²) >= 11 is 0. The molecule has 2 unspecified atom stereocenters. The van der Waals surface area contributed by atoms with Crippen LogP contribution in [0.4, 0.5) is 0 Å². The van der Waals surface area contributed by atoms with E-state index >= 15 is 0 Å². The number of aromatic hydroxyl groups is 2. The summed E-state index contributed by atoms with van der Waals surface area (Å²) in [7, 11) is -9.61. The number of phenolic OH excluding ortho intramolecular Hbond substituents is 2. The Bertz CT molecular complexity index is 694. The lowest BCUT2D eigenvalue weighted by Gasteiger charge is -2.05. The molecule has 0 aromatic heterocycles. The molecule has 0 amide bonds. The fraction of sp³-hybridized carbons (Fsp3) is 0.571. The molecule has 0 aliphatic rings. The van der Waals surface area contributed by atoms with Crippen molar-refractivity contribution < 1.29 is 36.2 Å². The SMILES string of the molecule is CCC(C)N.CCC(C)N.O=S(=O)(O)c1cc(O)c(S(=O)(=O)O)cc1O. The molecule has 1 rings (SSSR count). The van der Waals surface area contributed by atoms with Crippen LogP contribution in [-0.4, -0.2) is 48.2 Å². The van der Waals surface area contributed by atoms with E-state index in [9.17, 15) is 16.8 Å². The quantitative estimate of drug-likeness (QED) is 0.304. The Kier molecular flexibility index (Phi) is 11.7. The van der Waals surface area contributed by atoms with Crippen molar-refractivity contribution in [2.24, 2.45) is 11.5 Å². The highest BCUT2D eigenvalue weighted by atomic mass is 32.2. The van der Waals surface area contributed by atoms with E-state index in [2.05, 4.69) is 13.8 Å². The summed E-state index contributed by atoms with van der Waals surface area (Å²) in [5, 5.41) is 18.2. The Morgan fingerprint density at radius 2 is 1.00 bits per heavy atom. The van der Waals surface area contributed by atoms with Crippen LogP contribution in [0.2, 0.25) is 0 Å². The monoisotopic (exact) mass is 416 g/mol. The zero-order valence-corrected chi connectivity index (χ0v) is 16.7. The molecule has 0 spiro atoms. The molecular weight excluding hydrogens is 388 g/mol. The zero-order valence-electron chi connectivity index (χ0n) is 15.1. The summed E-state index contributed by atoms with van der Waals surface area (Å²) in [4.78, 5) is -2.14. The van der Waals surface area contributed by atoms with Crippen molar-refractivity contribution in [3.05, 3.63) is 12.1 Å². The number of rotatable bonds is 4. The third-order valence-corrected chi connectivity index (χ3v) is 4.65. The van der Waals surface area contributed by atoms with Crippen LogP contribution in [0.15, 0.2) is 21.9 Å². The van der Waals surface area contributed by atoms with Gasteiger partial charge in [0.05, 0.1) is 0 Å². The minimum absolute atomic E-state index is 0.299. The number of nitrogens with two attached hydrogens (primary N) is 2. The Hall–Kier alpha value is -1.44. The lowest BCUT2D eigenvalue weighted by molar-refractivity contribution is 0.417. The van der Waals surface area contributed by atoms with Crippen molar-refractivity contribution in [1.29, 1.82) is 0 Å². The van der Waals surface area contributed by atoms with Crippen molar-refractivity contribution in [3.63, 3.8) is 0 Å². The third-order valence-electron chi connectivity index (χ3n) is 2.88. The van der Waals surface area contributed by atoms with Gasteiger partial charge in [-0.25, -0.2) is 0 Å². The first-order valence-corrected chi connectivity index (χ1v) is 10.5. The lowest BCUT2D eigenvalue weighted by atomic mass is 10.3. The van der Waals surface area contributed by atoms with Gasteiger partial charge < -0.3 is 21.7 Å². The van der Waals surface area contributed by atoms with Crippen LogP contribution in [0.1, 0.15) is 40.5 Å². The van der Waals surface area contributed by atoms with Gasteiger partial charge in [0.2, 0.25) is 0 Å². The van der Waals surface area contributed by atoms with E-state index in [1.54, 1.807) is 0 Å². The maximum absolute atomic E-state index is 10.6. The third kappa shape index (κ3) is 11.2. The summed E-state index contributed by atoms with van der Waals surface area (Å²) < 4.78 is 59.7. The average Bonchev–Trinajstić information content (AvgIpc) is 2.48. The minimum atomic E-state index is -4.80. The molecule has 8 N–H and O–H groups in total. The molecule has 1 aromatic carbocycles. The van der Waals surface area contributed by atoms with Crippen molar-refractivity contribution in [3.8, 4) is 11.5 Å². The van der Waals surface area contributed by atoms with Gasteiger partial charge in [-0.2, -0.15) is 16.8 Å². The van der Waals surface area contributed by atoms with E-state index < -0.39 is 41.5 Å². The largest absolute Gasteiger partial charge is 0.506 e. The second kappa shape index (κ2) is 11.3. The first-order chi connectivity index (χ1) is 11.6. The molecule has 0 heterocycles. The highest BCUT2D eigenvalue weighted by molar-refractivity contribution is 7.86. The summed E-state index contributed by atoms with van der Waals surface area (Å²) in [6.45, 7) is 8.15. The lowest BCUT2D eigenvalue weighted by Crippen LogP contribution is -2.11. The van der Waals surface area contributed by atoms with Crippen molar-refractivity contribution in [2.45, 2.75) is 62.4 Å². The van der Waals surface area contributed by atoms with Crippen molar-refractivity contribution in [2.75, 3.05) is 0 Å². The second-order valence-corrected chi connectivity index (χ2v) is 8.29. The average molecular weight is 417 g/mol. The smallest absolute Gasteiger partial charge is 0.298 e. The minimum Gasteiger partial charge on any atom is -0.506 e. The molecule has 0 fully saturated rings. The standard InChI is InChI=1S/C6H6O8S2.2C4H11N/c7-3-1-5(15(9,10)11)4(8)2-6(3)16(12,13)14;2*1-3-4(2)5/h1-2,7-8H,(H,9,10,11)(H,12,13,14);2*4H,3,5H2,1-2H3. The van der Waals surface area contributed by atoms with E-state index in [1.165, 1.54) is 0 Å². The summed E-state index contributed by atoms with van der Waals surface area (Å²) in [5.74, 6) is -2.24. The van der Waals surface area contributed by atoms with Gasteiger partial charge in [-0.3, -0.25) is 9.11 Å². The maximum Gasteiger partial charge on any atom is 0.298 e. The van der Waals surface area contributed by atoms with Crippen LogP contribution in [0.25, 0.3) is 0 Å². The van der Waals surface area contributed by atoms with Crippen LogP contribution < -0.4 is 11.5 Å². The van der Waals surface area contributed by atoms with Gasteiger partial charge in [0.15, 0.2) is 0 Å².